The summed E-state index contributed by atoms with van der Waals surface area (Å²) in [6.45, 7) is 0.764. The molecule has 0 aromatic heterocycles. The van der Waals surface area contributed by atoms with Gasteiger partial charge in [0.1, 0.15) is 6.04 Å². The zero-order valence-corrected chi connectivity index (χ0v) is 11.3. The maximum atomic E-state index is 11.9. The number of nitrogens with two attached hydrogens (primary N) is 1. The normalized spacial score (nSPS) is 18.3. The van der Waals surface area contributed by atoms with Gasteiger partial charge < -0.3 is 11.1 Å². The van der Waals surface area contributed by atoms with Crippen molar-refractivity contribution in [2.45, 2.75) is 18.9 Å². The molecule has 1 aliphatic heterocycles. The Labute approximate surface area is 113 Å². The molecule has 98 valence electrons. The summed E-state index contributed by atoms with van der Waals surface area (Å²) in [5, 5.41) is 2.98. The number of carbonyl (C=O) groups excluding carboxylic acids is 1. The first-order chi connectivity index (χ1) is 8.77. The Morgan fingerprint density at radius 1 is 1.33 bits per heavy atom. The van der Waals surface area contributed by atoms with Gasteiger partial charge in [0.2, 0.25) is 5.91 Å². The number of rotatable bonds is 4. The maximum Gasteiger partial charge on any atom is 0.241 e. The van der Waals surface area contributed by atoms with E-state index in [-0.39, 0.29) is 5.91 Å². The van der Waals surface area contributed by atoms with Crippen LogP contribution >= 0.6 is 11.8 Å². The van der Waals surface area contributed by atoms with E-state index in [1.54, 1.807) is 0 Å². The fraction of sp³-hybridized carbons (Fsp3) is 0.500. The Hall–Kier alpha value is -1.00. The molecule has 1 heterocycles. The van der Waals surface area contributed by atoms with Crippen molar-refractivity contribution in [3.05, 3.63) is 35.9 Å². The molecule has 1 aliphatic rings. The highest BCUT2D eigenvalue weighted by Crippen LogP contribution is 2.22. The molecule has 18 heavy (non-hydrogen) atoms. The third-order valence-corrected chi connectivity index (χ3v) is 4.40. The second-order valence-electron chi connectivity index (χ2n) is 4.69. The van der Waals surface area contributed by atoms with Crippen molar-refractivity contribution in [3.63, 3.8) is 0 Å². The molecule has 3 N–H and O–H groups in total. The van der Waals surface area contributed by atoms with E-state index in [0.717, 1.165) is 12.1 Å². The Balaban J connectivity index is 1.80. The van der Waals surface area contributed by atoms with Gasteiger partial charge in [0.25, 0.3) is 0 Å². The van der Waals surface area contributed by atoms with Gasteiger partial charge in [-0.2, -0.15) is 11.8 Å². The molecular formula is C14H20N2OS. The number of hydrogen-bond acceptors (Lipinski definition) is 3. The highest BCUT2D eigenvalue weighted by atomic mass is 32.2. The lowest BCUT2D eigenvalue weighted by atomic mass is 10.0. The first kappa shape index (κ1) is 13.4. The average molecular weight is 264 g/mol. The Kier molecular flexibility index (Phi) is 5.08. The van der Waals surface area contributed by atoms with E-state index in [9.17, 15) is 4.79 Å². The van der Waals surface area contributed by atoms with Crippen LogP contribution < -0.4 is 11.1 Å². The topological polar surface area (TPSA) is 55.1 Å². The van der Waals surface area contributed by atoms with Gasteiger partial charge in [0, 0.05) is 6.54 Å². The molecule has 3 nitrogen and oxygen atoms in total. The fourth-order valence-electron chi connectivity index (χ4n) is 2.12. The summed E-state index contributed by atoms with van der Waals surface area (Å²) in [5.41, 5.74) is 6.81. The molecule has 0 radical (unpaired) electrons. The molecule has 1 aromatic rings. The van der Waals surface area contributed by atoms with E-state index < -0.39 is 6.04 Å². The third kappa shape index (κ3) is 3.75. The van der Waals surface area contributed by atoms with Crippen molar-refractivity contribution in [2.75, 3.05) is 18.1 Å². The lowest BCUT2D eigenvalue weighted by molar-refractivity contribution is -0.122. The molecule has 1 saturated heterocycles. The van der Waals surface area contributed by atoms with Crippen LogP contribution in [0.15, 0.2) is 30.3 Å². The molecule has 4 heteroatoms. The minimum Gasteiger partial charge on any atom is -0.354 e. The van der Waals surface area contributed by atoms with Crippen molar-refractivity contribution in [1.82, 2.24) is 5.32 Å². The largest absolute Gasteiger partial charge is 0.354 e. The molecule has 0 spiro atoms. The van der Waals surface area contributed by atoms with Gasteiger partial charge in [-0.1, -0.05) is 30.3 Å². The number of carbonyl (C=O) groups is 1. The molecule has 1 fully saturated rings. The van der Waals surface area contributed by atoms with E-state index in [2.05, 4.69) is 5.32 Å². The second kappa shape index (κ2) is 6.81. The van der Waals surface area contributed by atoms with Crippen LogP contribution in [0.3, 0.4) is 0 Å². The molecular weight excluding hydrogens is 244 g/mol. The molecule has 1 unspecified atom stereocenters. The maximum absolute atomic E-state index is 11.9. The van der Waals surface area contributed by atoms with Crippen LogP contribution in [0.1, 0.15) is 24.4 Å². The van der Waals surface area contributed by atoms with Crippen LogP contribution in [-0.4, -0.2) is 24.0 Å². The van der Waals surface area contributed by atoms with Crippen molar-refractivity contribution >= 4 is 17.7 Å². The third-order valence-electron chi connectivity index (χ3n) is 3.35. The summed E-state index contributed by atoms with van der Waals surface area (Å²) in [7, 11) is 0. The molecule has 0 bridgehead atoms. The van der Waals surface area contributed by atoms with Gasteiger partial charge in [-0.15, -0.1) is 0 Å². The van der Waals surface area contributed by atoms with Crippen molar-refractivity contribution < 1.29 is 4.79 Å². The SMILES string of the molecule is NC(C(=O)NCC1CCSCC1)c1ccccc1. The van der Waals surface area contributed by atoms with Crippen LogP contribution in [0, 0.1) is 5.92 Å². The molecule has 2 rings (SSSR count). The number of amides is 1. The van der Waals surface area contributed by atoms with E-state index >= 15 is 0 Å². The number of thioether (sulfide) groups is 1. The Bertz CT molecular complexity index is 377. The van der Waals surface area contributed by atoms with Gasteiger partial charge in [-0.05, 0) is 35.8 Å². The van der Waals surface area contributed by atoms with Crippen LogP contribution in [0.4, 0.5) is 0 Å². The minimum absolute atomic E-state index is 0.0700. The van der Waals surface area contributed by atoms with Gasteiger partial charge in [0.05, 0.1) is 0 Å². The van der Waals surface area contributed by atoms with Crippen molar-refractivity contribution in [2.24, 2.45) is 11.7 Å². The smallest absolute Gasteiger partial charge is 0.241 e. The summed E-state index contributed by atoms with van der Waals surface area (Å²) in [4.78, 5) is 11.9. The number of hydrogen-bond donors (Lipinski definition) is 2. The molecule has 1 aromatic carbocycles. The summed E-state index contributed by atoms with van der Waals surface area (Å²) in [6.07, 6.45) is 2.40. The number of nitrogens with one attached hydrogen (secondary N) is 1. The van der Waals surface area contributed by atoms with Crippen molar-refractivity contribution in [3.8, 4) is 0 Å². The van der Waals surface area contributed by atoms with Crippen molar-refractivity contribution in [1.29, 1.82) is 0 Å². The predicted octanol–water partition coefficient (Wildman–Crippen LogP) is 1.95. The zero-order valence-electron chi connectivity index (χ0n) is 10.5. The molecule has 1 amide bonds. The van der Waals surface area contributed by atoms with Gasteiger partial charge in [-0.25, -0.2) is 0 Å². The number of benzene rings is 1. The van der Waals surface area contributed by atoms with E-state index in [1.165, 1.54) is 24.3 Å². The molecule has 0 saturated carbocycles. The monoisotopic (exact) mass is 264 g/mol. The molecule has 1 atom stereocenters. The van der Waals surface area contributed by atoms with Crippen LogP contribution in [-0.2, 0) is 4.79 Å². The fourth-order valence-corrected chi connectivity index (χ4v) is 3.32. The van der Waals surface area contributed by atoms with Gasteiger partial charge >= 0.3 is 0 Å². The highest BCUT2D eigenvalue weighted by molar-refractivity contribution is 7.99. The van der Waals surface area contributed by atoms with Gasteiger partial charge in [-0.3, -0.25) is 4.79 Å². The first-order valence-corrected chi connectivity index (χ1v) is 7.59. The van der Waals surface area contributed by atoms with E-state index in [1.807, 2.05) is 42.1 Å². The van der Waals surface area contributed by atoms with Crippen LogP contribution in [0.25, 0.3) is 0 Å². The average Bonchev–Trinajstić information content (AvgIpc) is 2.46. The molecule has 0 aliphatic carbocycles. The van der Waals surface area contributed by atoms with Crippen LogP contribution in [0.5, 0.6) is 0 Å². The van der Waals surface area contributed by atoms with Gasteiger partial charge in [0.15, 0.2) is 0 Å². The summed E-state index contributed by atoms with van der Waals surface area (Å²) in [5.74, 6) is 2.98. The summed E-state index contributed by atoms with van der Waals surface area (Å²) < 4.78 is 0. The predicted molar refractivity (Wildman–Crippen MR) is 76.4 cm³/mol. The van der Waals surface area contributed by atoms with Crippen LogP contribution in [0.2, 0.25) is 0 Å². The van der Waals surface area contributed by atoms with E-state index in [4.69, 9.17) is 5.73 Å². The Morgan fingerprint density at radius 2 is 2.00 bits per heavy atom. The lowest BCUT2D eigenvalue weighted by Gasteiger charge is -2.22. The zero-order chi connectivity index (χ0) is 12.8. The Morgan fingerprint density at radius 3 is 2.67 bits per heavy atom. The second-order valence-corrected chi connectivity index (χ2v) is 5.91. The first-order valence-electron chi connectivity index (χ1n) is 6.43. The highest BCUT2D eigenvalue weighted by Gasteiger charge is 2.18. The lowest BCUT2D eigenvalue weighted by Crippen LogP contribution is -2.37. The summed E-state index contributed by atoms with van der Waals surface area (Å²) in [6, 6.07) is 8.96. The quantitative estimate of drug-likeness (QED) is 0.874. The minimum atomic E-state index is -0.552. The summed E-state index contributed by atoms with van der Waals surface area (Å²) >= 11 is 2.00. The van der Waals surface area contributed by atoms with E-state index in [0.29, 0.717) is 5.92 Å². The standard InChI is InChI=1S/C14H20N2OS/c15-13(12-4-2-1-3-5-12)14(17)16-10-11-6-8-18-9-7-11/h1-5,11,13H,6-10,15H2,(H,16,17).